The van der Waals surface area contributed by atoms with Gasteiger partial charge in [-0.25, -0.2) is 9.86 Å². The van der Waals surface area contributed by atoms with Crippen molar-refractivity contribution < 1.29 is 29.1 Å². The summed E-state index contributed by atoms with van der Waals surface area (Å²) < 4.78 is 9.59. The fourth-order valence-corrected chi connectivity index (χ4v) is 1.83. The average Bonchev–Trinajstić information content (AvgIpc) is 2.61. The molecular weight excluding hydrogens is 326 g/mol. The lowest BCUT2D eigenvalue weighted by molar-refractivity contribution is -0.167. The molecule has 0 fully saturated rings. The van der Waals surface area contributed by atoms with E-state index in [4.69, 9.17) is 9.47 Å². The van der Waals surface area contributed by atoms with Gasteiger partial charge in [-0.1, -0.05) is 36.9 Å². The van der Waals surface area contributed by atoms with Crippen molar-refractivity contribution in [2.75, 3.05) is 19.8 Å². The van der Waals surface area contributed by atoms with Gasteiger partial charge in [-0.2, -0.15) is 0 Å². The lowest BCUT2D eigenvalue weighted by Crippen LogP contribution is -2.30. The van der Waals surface area contributed by atoms with E-state index in [0.717, 1.165) is 5.56 Å². The molecule has 0 aliphatic carbocycles. The Balaban J connectivity index is 2.16. The highest BCUT2D eigenvalue weighted by molar-refractivity contribution is 5.86. The van der Waals surface area contributed by atoms with E-state index < -0.39 is 17.8 Å². The van der Waals surface area contributed by atoms with Gasteiger partial charge in [0, 0.05) is 12.0 Å². The van der Waals surface area contributed by atoms with Crippen LogP contribution in [0.25, 0.3) is 0 Å². The third-order valence-electron chi connectivity index (χ3n) is 3.21. The molecule has 1 rings (SSSR count). The molecule has 7 heteroatoms. The van der Waals surface area contributed by atoms with Crippen molar-refractivity contribution in [3.63, 3.8) is 0 Å². The molecule has 0 radical (unpaired) electrons. The second-order valence-corrected chi connectivity index (χ2v) is 5.39. The smallest absolute Gasteiger partial charge is 0.333 e. The number of amides is 1. The predicted molar refractivity (Wildman–Crippen MR) is 89.6 cm³/mol. The van der Waals surface area contributed by atoms with Crippen molar-refractivity contribution in [1.82, 2.24) is 5.06 Å². The largest absolute Gasteiger partial charge is 0.462 e. The lowest BCUT2D eigenvalue weighted by atomic mass is 10.1. The third kappa shape index (κ3) is 8.66. The number of carbonyl (C=O) groups excluding carboxylic acids is 3. The number of nitrogens with zero attached hydrogens (tertiary/aromatic N) is 1. The standard InChI is InChI=1S/C18H23NO6/c1-14(2)18(22)25-13-12-24-17(21)9-8-16(20)19(23)11-10-15-6-4-3-5-7-15/h3-7,23H,1,8-13H2,2H3. The van der Waals surface area contributed by atoms with Crippen molar-refractivity contribution in [3.8, 4) is 0 Å². The molecule has 0 aliphatic rings. The molecule has 1 aromatic carbocycles. The van der Waals surface area contributed by atoms with Crippen LogP contribution in [0, 0.1) is 0 Å². The highest BCUT2D eigenvalue weighted by atomic mass is 16.6. The molecule has 0 atom stereocenters. The Morgan fingerprint density at radius 3 is 2.36 bits per heavy atom. The third-order valence-corrected chi connectivity index (χ3v) is 3.21. The van der Waals surface area contributed by atoms with Gasteiger partial charge in [0.25, 0.3) is 0 Å². The maximum absolute atomic E-state index is 11.8. The van der Waals surface area contributed by atoms with Crippen LogP contribution in [0.4, 0.5) is 0 Å². The summed E-state index contributed by atoms with van der Waals surface area (Å²) in [5.41, 5.74) is 1.26. The van der Waals surface area contributed by atoms with Crippen LogP contribution in [-0.2, 0) is 30.3 Å². The van der Waals surface area contributed by atoms with E-state index in [1.807, 2.05) is 30.3 Å². The van der Waals surface area contributed by atoms with Gasteiger partial charge >= 0.3 is 11.9 Å². The minimum atomic E-state index is -0.601. The number of ether oxygens (including phenoxy) is 2. The molecule has 1 aromatic rings. The highest BCUT2D eigenvalue weighted by Crippen LogP contribution is 2.03. The van der Waals surface area contributed by atoms with Gasteiger partial charge in [0.15, 0.2) is 0 Å². The lowest BCUT2D eigenvalue weighted by Gasteiger charge is -2.14. The summed E-state index contributed by atoms with van der Waals surface area (Å²) in [6.45, 7) is 4.91. The van der Waals surface area contributed by atoms with E-state index in [0.29, 0.717) is 11.5 Å². The first-order chi connectivity index (χ1) is 11.9. The second-order valence-electron chi connectivity index (χ2n) is 5.39. The van der Waals surface area contributed by atoms with E-state index in [1.165, 1.54) is 6.92 Å². The molecular formula is C18H23NO6. The van der Waals surface area contributed by atoms with Crippen LogP contribution in [0.2, 0.25) is 0 Å². The molecule has 0 spiro atoms. The number of hydrogen-bond acceptors (Lipinski definition) is 6. The van der Waals surface area contributed by atoms with Crippen LogP contribution in [-0.4, -0.2) is 47.9 Å². The number of hydroxylamine groups is 2. The molecule has 0 saturated heterocycles. The summed E-state index contributed by atoms with van der Waals surface area (Å²) in [7, 11) is 0. The number of benzene rings is 1. The van der Waals surface area contributed by atoms with E-state index in [9.17, 15) is 19.6 Å². The fourth-order valence-electron chi connectivity index (χ4n) is 1.83. The Morgan fingerprint density at radius 1 is 1.08 bits per heavy atom. The van der Waals surface area contributed by atoms with Gasteiger partial charge in [0.1, 0.15) is 13.2 Å². The topological polar surface area (TPSA) is 93.1 Å². The van der Waals surface area contributed by atoms with E-state index in [-0.39, 0.29) is 38.2 Å². The zero-order valence-electron chi connectivity index (χ0n) is 14.3. The van der Waals surface area contributed by atoms with Gasteiger partial charge in [0.2, 0.25) is 5.91 Å². The SMILES string of the molecule is C=C(C)C(=O)OCCOC(=O)CCC(=O)N(O)CCc1ccccc1. The predicted octanol–water partition coefficient (Wildman–Crippen LogP) is 1.89. The summed E-state index contributed by atoms with van der Waals surface area (Å²) in [6, 6.07) is 9.44. The monoisotopic (exact) mass is 349 g/mol. The van der Waals surface area contributed by atoms with Gasteiger partial charge in [-0.15, -0.1) is 0 Å². The van der Waals surface area contributed by atoms with Crippen LogP contribution in [0.1, 0.15) is 25.3 Å². The number of rotatable bonds is 10. The van der Waals surface area contributed by atoms with Crippen LogP contribution < -0.4 is 0 Å². The first kappa shape index (κ1) is 20.4. The van der Waals surface area contributed by atoms with Crippen LogP contribution in [0.15, 0.2) is 42.5 Å². The van der Waals surface area contributed by atoms with Crippen LogP contribution in [0.5, 0.6) is 0 Å². The summed E-state index contributed by atoms with van der Waals surface area (Å²) in [5.74, 6) is -1.71. The Bertz CT molecular complexity index is 599. The van der Waals surface area contributed by atoms with Gasteiger partial charge in [0.05, 0.1) is 13.0 Å². The van der Waals surface area contributed by atoms with Crippen LogP contribution in [0.3, 0.4) is 0 Å². The summed E-state index contributed by atoms with van der Waals surface area (Å²) in [4.78, 5) is 34.3. The second kappa shape index (κ2) is 11.0. The molecule has 7 nitrogen and oxygen atoms in total. The normalized spacial score (nSPS) is 10.0. The number of esters is 2. The minimum Gasteiger partial charge on any atom is -0.462 e. The van der Waals surface area contributed by atoms with E-state index >= 15 is 0 Å². The van der Waals surface area contributed by atoms with E-state index in [1.54, 1.807) is 0 Å². The maximum atomic E-state index is 11.8. The summed E-state index contributed by atoms with van der Waals surface area (Å²) in [5, 5.41) is 10.3. The van der Waals surface area contributed by atoms with Crippen molar-refractivity contribution in [2.24, 2.45) is 0 Å². The van der Waals surface area contributed by atoms with Gasteiger partial charge in [-0.3, -0.25) is 14.8 Å². The van der Waals surface area contributed by atoms with Crippen LogP contribution >= 0.6 is 0 Å². The first-order valence-electron chi connectivity index (χ1n) is 7.91. The molecule has 0 saturated carbocycles. The van der Waals surface area contributed by atoms with Crippen molar-refractivity contribution in [2.45, 2.75) is 26.2 Å². The molecule has 1 N–H and O–H groups in total. The Morgan fingerprint density at radius 2 is 1.72 bits per heavy atom. The van der Waals surface area contributed by atoms with Gasteiger partial charge in [-0.05, 0) is 18.9 Å². The molecule has 25 heavy (non-hydrogen) atoms. The Kier molecular flexibility index (Phi) is 8.95. The zero-order valence-corrected chi connectivity index (χ0v) is 14.3. The molecule has 0 unspecified atom stereocenters. The fraction of sp³-hybridized carbons (Fsp3) is 0.389. The average molecular weight is 349 g/mol. The number of carbonyl (C=O) groups is 3. The first-order valence-corrected chi connectivity index (χ1v) is 7.91. The van der Waals surface area contributed by atoms with E-state index in [2.05, 4.69) is 6.58 Å². The summed E-state index contributed by atoms with van der Waals surface area (Å²) >= 11 is 0. The number of hydrogen-bond donors (Lipinski definition) is 1. The Labute approximate surface area is 146 Å². The molecule has 0 aliphatic heterocycles. The molecule has 1 amide bonds. The van der Waals surface area contributed by atoms with Crippen molar-refractivity contribution >= 4 is 17.8 Å². The van der Waals surface area contributed by atoms with Gasteiger partial charge < -0.3 is 9.47 Å². The molecule has 136 valence electrons. The maximum Gasteiger partial charge on any atom is 0.333 e. The zero-order chi connectivity index (χ0) is 18.7. The molecule has 0 bridgehead atoms. The van der Waals surface area contributed by atoms with Crippen molar-refractivity contribution in [3.05, 3.63) is 48.0 Å². The quantitative estimate of drug-likeness (QED) is 0.228. The minimum absolute atomic E-state index is 0.0748. The molecule has 0 heterocycles. The molecule has 0 aromatic heterocycles. The summed E-state index contributed by atoms with van der Waals surface area (Å²) in [6.07, 6.45) is 0.201. The highest BCUT2D eigenvalue weighted by Gasteiger charge is 2.14. The van der Waals surface area contributed by atoms with Crippen molar-refractivity contribution in [1.29, 1.82) is 0 Å². The Hall–Kier alpha value is -2.67.